The van der Waals surface area contributed by atoms with Crippen molar-refractivity contribution >= 4 is 53.1 Å². The fourth-order valence-corrected chi connectivity index (χ4v) is 5.19. The molecule has 2 rings (SSSR count). The Balaban J connectivity index is 1.92. The normalized spacial score (nSPS) is 14.3. The van der Waals surface area contributed by atoms with E-state index < -0.39 is 48.4 Å². The van der Waals surface area contributed by atoms with Crippen LogP contribution in [0.25, 0.3) is 0 Å². The summed E-state index contributed by atoms with van der Waals surface area (Å²) in [4.78, 5) is 100. The van der Waals surface area contributed by atoms with Gasteiger partial charge in [0.1, 0.15) is 17.8 Å². The Morgan fingerprint density at radius 3 is 2.30 bits per heavy atom. The largest absolute Gasteiger partial charge is 0.495 e. The number of carbonyl (C=O) groups excluding carboxylic acids is 7. The van der Waals surface area contributed by atoms with Crippen LogP contribution in [0.4, 0.5) is 10.5 Å². The molecule has 17 heteroatoms. The number of urea groups is 1. The van der Waals surface area contributed by atoms with Gasteiger partial charge in [0.05, 0.1) is 19.3 Å². The van der Waals surface area contributed by atoms with E-state index >= 15 is 0 Å². The van der Waals surface area contributed by atoms with Gasteiger partial charge in [0.2, 0.25) is 29.5 Å². The summed E-state index contributed by atoms with van der Waals surface area (Å²) in [6, 6.07) is 1.20. The molecule has 2 atom stereocenters. The molecular weight excluding hydrogens is 654 g/mol. The van der Waals surface area contributed by atoms with Gasteiger partial charge in [-0.3, -0.25) is 33.7 Å². The van der Waals surface area contributed by atoms with Gasteiger partial charge in [-0.15, -0.1) is 0 Å². The van der Waals surface area contributed by atoms with Crippen LogP contribution < -0.4 is 31.7 Å². The summed E-state index contributed by atoms with van der Waals surface area (Å²) in [7, 11) is 2.66. The molecule has 0 bridgehead atoms. The van der Waals surface area contributed by atoms with Crippen molar-refractivity contribution in [3.63, 3.8) is 0 Å². The van der Waals surface area contributed by atoms with Gasteiger partial charge in [0, 0.05) is 45.0 Å². The average molecular weight is 704 g/mol. The third-order valence-corrected chi connectivity index (χ3v) is 8.42. The molecule has 1 saturated heterocycles. The molecular formula is C33H49N7O10. The minimum atomic E-state index is -1.18. The Bertz CT molecular complexity index is 1400. The second kappa shape index (κ2) is 20.3. The number of imide groups is 1. The van der Waals surface area contributed by atoms with Crippen LogP contribution in [0.15, 0.2) is 18.2 Å². The lowest BCUT2D eigenvalue weighted by molar-refractivity contribution is -0.150. The van der Waals surface area contributed by atoms with Gasteiger partial charge in [-0.1, -0.05) is 19.8 Å². The maximum Gasteiger partial charge on any atom is 0.326 e. The summed E-state index contributed by atoms with van der Waals surface area (Å²) in [6.07, 6.45) is 3.66. The number of ether oxygens (including phenoxy) is 1. The SMILES string of the molecule is CCC1CC(=O)N(CCCCCC(=O)NCC(=O)NC(CCCNC(N)=O)C(=O)Nc2ccc(C(=O)N(C)[C@@H](C)C(=O)O)cc2OC)C(=O)C1. The molecule has 8 amide bonds. The van der Waals surface area contributed by atoms with Crippen molar-refractivity contribution in [2.45, 2.75) is 83.7 Å². The second-order valence-corrected chi connectivity index (χ2v) is 12.1. The standard InChI is InChI=1S/C33H49N7O10/c1-5-21-16-28(43)40(29(44)17-21)15-8-6-7-11-26(41)36-19-27(42)37-24(10-9-14-35-33(34)49)30(45)38-23-13-12-22(18-25(23)50-4)31(46)39(3)20(2)32(47)48/h12-13,18,20-21,24H,5-11,14-17,19H2,1-4H3,(H,36,41)(H,37,42)(H,38,45)(H,47,48)(H3,34,35,49)/t20-,24?/m0/s1. The van der Waals surface area contributed by atoms with Crippen LogP contribution in [0.1, 0.15) is 82.0 Å². The predicted octanol–water partition coefficient (Wildman–Crippen LogP) is 0.964. The highest BCUT2D eigenvalue weighted by atomic mass is 16.5. The lowest BCUT2D eigenvalue weighted by atomic mass is 9.93. The molecule has 276 valence electrons. The van der Waals surface area contributed by atoms with Gasteiger partial charge >= 0.3 is 12.0 Å². The Morgan fingerprint density at radius 2 is 1.70 bits per heavy atom. The molecule has 0 spiro atoms. The zero-order chi connectivity index (χ0) is 37.4. The number of anilines is 1. The molecule has 1 unspecified atom stereocenters. The van der Waals surface area contributed by atoms with Crippen LogP contribution in [0, 0.1) is 5.92 Å². The first-order chi connectivity index (χ1) is 23.7. The third-order valence-electron chi connectivity index (χ3n) is 8.42. The van der Waals surface area contributed by atoms with Crippen molar-refractivity contribution in [3.8, 4) is 5.75 Å². The number of primary amides is 1. The number of likely N-dealkylation sites (N-methyl/N-ethyl adjacent to an activating group) is 1. The highest BCUT2D eigenvalue weighted by Gasteiger charge is 2.31. The number of benzene rings is 1. The Morgan fingerprint density at radius 1 is 1.02 bits per heavy atom. The maximum atomic E-state index is 13.3. The molecule has 1 aliphatic rings. The minimum Gasteiger partial charge on any atom is -0.495 e. The molecule has 1 aromatic carbocycles. The zero-order valence-electron chi connectivity index (χ0n) is 29.0. The number of amides is 8. The monoisotopic (exact) mass is 703 g/mol. The van der Waals surface area contributed by atoms with Crippen molar-refractivity contribution in [1.29, 1.82) is 0 Å². The fourth-order valence-electron chi connectivity index (χ4n) is 5.19. The Hall–Kier alpha value is -5.22. The van der Waals surface area contributed by atoms with E-state index in [0.29, 0.717) is 38.6 Å². The first-order valence-corrected chi connectivity index (χ1v) is 16.6. The number of nitrogens with zero attached hydrogens (tertiary/aromatic N) is 2. The molecule has 1 heterocycles. The van der Waals surface area contributed by atoms with E-state index in [2.05, 4.69) is 21.3 Å². The van der Waals surface area contributed by atoms with Gasteiger partial charge in [0.15, 0.2) is 0 Å². The number of carboxylic acid groups (broad SMARTS) is 1. The number of carbonyl (C=O) groups is 8. The number of likely N-dealkylation sites (tertiary alicyclic amines) is 1. The lowest BCUT2D eigenvalue weighted by Gasteiger charge is -2.29. The molecule has 0 aliphatic carbocycles. The molecule has 1 aliphatic heterocycles. The summed E-state index contributed by atoms with van der Waals surface area (Å²) < 4.78 is 5.34. The number of rotatable bonds is 20. The van der Waals surface area contributed by atoms with Crippen LogP contribution in [-0.4, -0.2) is 108 Å². The molecule has 1 aromatic rings. The number of piperidine rings is 1. The highest BCUT2D eigenvalue weighted by molar-refractivity contribution is 6.01. The number of unbranched alkanes of at least 4 members (excludes halogenated alkanes) is 2. The number of aliphatic carboxylic acids is 1. The summed E-state index contributed by atoms with van der Waals surface area (Å²) in [5.74, 6) is -3.55. The van der Waals surface area contributed by atoms with Gasteiger partial charge in [0.25, 0.3) is 5.91 Å². The van der Waals surface area contributed by atoms with Crippen LogP contribution in [-0.2, 0) is 28.8 Å². The van der Waals surface area contributed by atoms with E-state index in [1.54, 1.807) is 0 Å². The highest BCUT2D eigenvalue weighted by Crippen LogP contribution is 2.27. The summed E-state index contributed by atoms with van der Waals surface area (Å²) in [5.41, 5.74) is 5.39. The van der Waals surface area contributed by atoms with Crippen LogP contribution in [0.5, 0.6) is 5.75 Å². The van der Waals surface area contributed by atoms with E-state index in [0.717, 1.165) is 11.3 Å². The van der Waals surface area contributed by atoms with Gasteiger partial charge in [-0.25, -0.2) is 9.59 Å². The maximum absolute atomic E-state index is 13.3. The van der Waals surface area contributed by atoms with Crippen molar-refractivity contribution in [3.05, 3.63) is 23.8 Å². The number of methoxy groups -OCH3 is 1. The minimum absolute atomic E-state index is 0.0870. The summed E-state index contributed by atoms with van der Waals surface area (Å²) in [6.45, 7) is 3.36. The summed E-state index contributed by atoms with van der Waals surface area (Å²) >= 11 is 0. The predicted molar refractivity (Wildman–Crippen MR) is 181 cm³/mol. The quantitative estimate of drug-likeness (QED) is 0.0829. The molecule has 7 N–H and O–H groups in total. The van der Waals surface area contributed by atoms with Crippen LogP contribution in [0.2, 0.25) is 0 Å². The topological polar surface area (TPSA) is 247 Å². The zero-order valence-corrected chi connectivity index (χ0v) is 29.0. The van der Waals surface area contributed by atoms with Gasteiger partial charge in [-0.05, 0) is 56.7 Å². The number of hydrogen-bond acceptors (Lipinski definition) is 9. The number of nitrogens with one attached hydrogen (secondary N) is 4. The van der Waals surface area contributed by atoms with Crippen LogP contribution in [0.3, 0.4) is 0 Å². The van der Waals surface area contributed by atoms with Crippen molar-refractivity contribution in [2.24, 2.45) is 11.7 Å². The number of carboxylic acids is 1. The second-order valence-electron chi connectivity index (χ2n) is 12.1. The van der Waals surface area contributed by atoms with Crippen molar-refractivity contribution in [1.82, 2.24) is 25.8 Å². The average Bonchev–Trinajstić information content (AvgIpc) is 3.08. The van der Waals surface area contributed by atoms with Gasteiger partial charge < -0.3 is 41.7 Å². The van der Waals surface area contributed by atoms with E-state index in [1.165, 1.54) is 44.2 Å². The van der Waals surface area contributed by atoms with E-state index in [-0.39, 0.29) is 66.4 Å². The Kier molecular flexibility index (Phi) is 16.7. The fraction of sp³-hybridized carbons (Fsp3) is 0.576. The molecule has 0 aromatic heterocycles. The first kappa shape index (κ1) is 41.0. The van der Waals surface area contributed by atoms with E-state index in [1.807, 2.05) is 6.92 Å². The first-order valence-electron chi connectivity index (χ1n) is 16.6. The smallest absolute Gasteiger partial charge is 0.326 e. The number of nitrogens with two attached hydrogens (primary N) is 1. The Labute approximate surface area is 291 Å². The van der Waals surface area contributed by atoms with E-state index in [9.17, 15) is 43.5 Å². The molecule has 0 radical (unpaired) electrons. The molecule has 17 nitrogen and oxygen atoms in total. The summed E-state index contributed by atoms with van der Waals surface area (Å²) in [5, 5.41) is 19.4. The third kappa shape index (κ3) is 13.0. The van der Waals surface area contributed by atoms with E-state index in [4.69, 9.17) is 10.5 Å². The lowest BCUT2D eigenvalue weighted by Crippen LogP contribution is -2.47. The molecule has 1 fully saturated rings. The van der Waals surface area contributed by atoms with Crippen LogP contribution >= 0.6 is 0 Å². The van der Waals surface area contributed by atoms with Gasteiger partial charge in [-0.2, -0.15) is 0 Å². The van der Waals surface area contributed by atoms with Crippen molar-refractivity contribution < 1.29 is 48.2 Å². The molecule has 0 saturated carbocycles. The molecule has 50 heavy (non-hydrogen) atoms. The number of hydrogen-bond donors (Lipinski definition) is 6. The van der Waals surface area contributed by atoms with Crippen molar-refractivity contribution in [2.75, 3.05) is 39.1 Å².